The van der Waals surface area contributed by atoms with Gasteiger partial charge in [-0.05, 0) is 23.8 Å². The van der Waals surface area contributed by atoms with E-state index >= 15 is 0 Å². The van der Waals surface area contributed by atoms with Crippen LogP contribution in [0.15, 0.2) is 60.0 Å². The first-order chi connectivity index (χ1) is 12.2. The second kappa shape index (κ2) is 7.56. The van der Waals surface area contributed by atoms with Crippen molar-refractivity contribution in [2.75, 3.05) is 7.11 Å². The lowest BCUT2D eigenvalue weighted by Crippen LogP contribution is -2.00. The van der Waals surface area contributed by atoms with Crippen LogP contribution in [0.4, 0.5) is 0 Å². The fraction of sp³-hybridized carbons (Fsp3) is 0.0500. The lowest BCUT2D eigenvalue weighted by atomic mass is 10.1. The molecule has 0 atom stereocenters. The minimum Gasteiger partial charge on any atom is -0.465 e. The lowest BCUT2D eigenvalue weighted by Gasteiger charge is -2.00. The fourth-order valence-electron chi connectivity index (χ4n) is 2.28. The number of benzene rings is 2. The monoisotopic (exact) mass is 346 g/mol. The molecule has 3 rings (SSSR count). The number of ether oxygens (including phenoxy) is 1. The van der Waals surface area contributed by atoms with E-state index in [9.17, 15) is 10.1 Å². The van der Waals surface area contributed by atoms with Gasteiger partial charge in [-0.3, -0.25) is 0 Å². The zero-order valence-corrected chi connectivity index (χ0v) is 14.3. The molecular formula is C20H14N2O2S. The Morgan fingerprint density at radius 1 is 1.16 bits per heavy atom. The number of hydrogen-bond donors (Lipinski definition) is 0. The van der Waals surface area contributed by atoms with Crippen molar-refractivity contribution in [3.05, 3.63) is 76.1 Å². The Kier molecular flexibility index (Phi) is 5.03. The van der Waals surface area contributed by atoms with Gasteiger partial charge in [-0.2, -0.15) is 5.26 Å². The number of thiazole rings is 1. The molecule has 25 heavy (non-hydrogen) atoms. The number of methoxy groups -OCH3 is 1. The molecule has 3 aromatic rings. The Hall–Kier alpha value is -3.23. The molecule has 5 heteroatoms. The third-order valence-electron chi connectivity index (χ3n) is 3.57. The van der Waals surface area contributed by atoms with Crippen molar-refractivity contribution in [3.63, 3.8) is 0 Å². The minimum atomic E-state index is -0.386. The van der Waals surface area contributed by atoms with Gasteiger partial charge in [0.15, 0.2) is 0 Å². The van der Waals surface area contributed by atoms with Crippen LogP contribution in [0, 0.1) is 11.3 Å². The quantitative estimate of drug-likeness (QED) is 0.509. The summed E-state index contributed by atoms with van der Waals surface area (Å²) < 4.78 is 4.68. The second-order valence-corrected chi connectivity index (χ2v) is 6.05. The van der Waals surface area contributed by atoms with Crippen LogP contribution in [-0.2, 0) is 4.74 Å². The molecule has 0 saturated carbocycles. The van der Waals surface area contributed by atoms with Gasteiger partial charge in [-0.25, -0.2) is 9.78 Å². The Balaban J connectivity index is 1.88. The number of esters is 1. The van der Waals surface area contributed by atoms with Gasteiger partial charge in [0.1, 0.15) is 11.1 Å². The largest absolute Gasteiger partial charge is 0.465 e. The van der Waals surface area contributed by atoms with Crippen LogP contribution in [0.2, 0.25) is 0 Å². The van der Waals surface area contributed by atoms with E-state index in [4.69, 9.17) is 0 Å². The molecule has 2 aromatic carbocycles. The highest BCUT2D eigenvalue weighted by Gasteiger charge is 2.09. The van der Waals surface area contributed by atoms with Crippen molar-refractivity contribution in [2.24, 2.45) is 0 Å². The molecule has 1 aromatic heterocycles. The van der Waals surface area contributed by atoms with Crippen LogP contribution in [0.1, 0.15) is 20.9 Å². The Labute approximate surface area is 149 Å². The molecule has 0 bridgehead atoms. The molecular weight excluding hydrogens is 332 g/mol. The normalized spacial score (nSPS) is 11.0. The van der Waals surface area contributed by atoms with Crippen molar-refractivity contribution >= 4 is 29.0 Å². The first kappa shape index (κ1) is 16.6. The van der Waals surface area contributed by atoms with E-state index in [0.29, 0.717) is 16.1 Å². The lowest BCUT2D eigenvalue weighted by molar-refractivity contribution is 0.0600. The van der Waals surface area contributed by atoms with Crippen molar-refractivity contribution in [3.8, 4) is 17.3 Å². The smallest absolute Gasteiger partial charge is 0.337 e. The van der Waals surface area contributed by atoms with Gasteiger partial charge >= 0.3 is 5.97 Å². The van der Waals surface area contributed by atoms with Crippen molar-refractivity contribution in [2.45, 2.75) is 0 Å². The molecule has 0 radical (unpaired) electrons. The van der Waals surface area contributed by atoms with Crippen molar-refractivity contribution in [1.82, 2.24) is 4.98 Å². The first-order valence-electron chi connectivity index (χ1n) is 7.53. The average molecular weight is 346 g/mol. The summed E-state index contributed by atoms with van der Waals surface area (Å²) in [7, 11) is 1.34. The van der Waals surface area contributed by atoms with Gasteiger partial charge in [-0.1, -0.05) is 42.5 Å². The summed E-state index contributed by atoms with van der Waals surface area (Å²) in [6.07, 6.45) is 1.76. The molecule has 0 aliphatic carbocycles. The molecule has 0 unspecified atom stereocenters. The van der Waals surface area contributed by atoms with E-state index in [0.717, 1.165) is 16.8 Å². The zero-order chi connectivity index (χ0) is 17.6. The van der Waals surface area contributed by atoms with E-state index in [-0.39, 0.29) is 5.97 Å². The van der Waals surface area contributed by atoms with E-state index in [1.807, 2.05) is 35.7 Å². The molecule has 4 nitrogen and oxygen atoms in total. The fourth-order valence-corrected chi connectivity index (χ4v) is 3.08. The summed E-state index contributed by atoms with van der Waals surface area (Å²) in [6, 6.07) is 18.9. The number of aromatic nitrogens is 1. The number of carbonyl (C=O) groups is 1. The summed E-state index contributed by atoms with van der Waals surface area (Å²) in [5.74, 6) is -0.386. The molecule has 1 heterocycles. The third kappa shape index (κ3) is 3.82. The minimum absolute atomic E-state index is 0.386. The molecule has 122 valence electrons. The highest BCUT2D eigenvalue weighted by Crippen LogP contribution is 2.27. The van der Waals surface area contributed by atoms with Crippen LogP contribution < -0.4 is 0 Å². The predicted molar refractivity (Wildman–Crippen MR) is 98.8 cm³/mol. The number of nitrogens with zero attached hydrogens (tertiary/aromatic N) is 2. The van der Waals surface area contributed by atoms with E-state index in [1.165, 1.54) is 18.4 Å². The summed E-state index contributed by atoms with van der Waals surface area (Å²) >= 11 is 1.43. The van der Waals surface area contributed by atoms with Crippen LogP contribution in [0.3, 0.4) is 0 Å². The molecule has 0 aliphatic heterocycles. The summed E-state index contributed by atoms with van der Waals surface area (Å²) in [6.45, 7) is 0. The van der Waals surface area contributed by atoms with Crippen molar-refractivity contribution in [1.29, 1.82) is 5.26 Å². The first-order valence-corrected chi connectivity index (χ1v) is 8.40. The maximum Gasteiger partial charge on any atom is 0.337 e. The van der Waals surface area contributed by atoms with E-state index in [2.05, 4.69) is 15.8 Å². The maximum atomic E-state index is 11.5. The summed E-state index contributed by atoms with van der Waals surface area (Å²) in [4.78, 5) is 16.0. The number of allylic oxidation sites excluding steroid dienone is 1. The highest BCUT2D eigenvalue weighted by molar-refractivity contribution is 7.11. The summed E-state index contributed by atoms with van der Waals surface area (Å²) in [5.41, 5.74) is 3.64. The molecule has 0 N–H and O–H groups in total. The van der Waals surface area contributed by atoms with E-state index in [1.54, 1.807) is 30.3 Å². The molecule has 0 spiro atoms. The number of nitriles is 1. The SMILES string of the molecule is COC(=O)c1ccc(/C=C(/C#N)c2nc(-c3ccccc3)cs2)cc1. The molecule has 0 amide bonds. The van der Waals surface area contributed by atoms with Gasteiger partial charge in [0, 0.05) is 10.9 Å². The number of hydrogen-bond acceptors (Lipinski definition) is 5. The van der Waals surface area contributed by atoms with Crippen LogP contribution in [0.25, 0.3) is 22.9 Å². The second-order valence-electron chi connectivity index (χ2n) is 5.19. The molecule has 0 aliphatic rings. The average Bonchev–Trinajstić information content (AvgIpc) is 3.16. The third-order valence-corrected chi connectivity index (χ3v) is 4.44. The van der Waals surface area contributed by atoms with Gasteiger partial charge in [0.05, 0.1) is 23.9 Å². The van der Waals surface area contributed by atoms with Gasteiger partial charge < -0.3 is 4.74 Å². The van der Waals surface area contributed by atoms with E-state index < -0.39 is 0 Å². The summed E-state index contributed by atoms with van der Waals surface area (Å²) in [5, 5.41) is 12.1. The van der Waals surface area contributed by atoms with Crippen LogP contribution >= 0.6 is 11.3 Å². The van der Waals surface area contributed by atoms with Gasteiger partial charge in [0.2, 0.25) is 0 Å². The maximum absolute atomic E-state index is 11.5. The molecule has 0 fully saturated rings. The Morgan fingerprint density at radius 2 is 1.88 bits per heavy atom. The standard InChI is InChI=1S/C20H14N2O2S/c1-24-20(23)16-9-7-14(8-10-16)11-17(12-21)19-22-18(13-25-19)15-5-3-2-4-6-15/h2-11,13H,1H3/b17-11-. The molecule has 0 saturated heterocycles. The van der Waals surface area contributed by atoms with Crippen LogP contribution in [-0.4, -0.2) is 18.1 Å². The Bertz CT molecular complexity index is 951. The predicted octanol–water partition coefficient (Wildman–Crippen LogP) is 4.66. The number of rotatable bonds is 4. The number of carbonyl (C=O) groups excluding carboxylic acids is 1. The van der Waals surface area contributed by atoms with Crippen molar-refractivity contribution < 1.29 is 9.53 Å². The highest BCUT2D eigenvalue weighted by atomic mass is 32.1. The van der Waals surface area contributed by atoms with Crippen LogP contribution in [0.5, 0.6) is 0 Å². The Morgan fingerprint density at radius 3 is 2.52 bits per heavy atom. The van der Waals surface area contributed by atoms with Gasteiger partial charge in [-0.15, -0.1) is 11.3 Å². The zero-order valence-electron chi connectivity index (χ0n) is 13.5. The van der Waals surface area contributed by atoms with Gasteiger partial charge in [0.25, 0.3) is 0 Å². The topological polar surface area (TPSA) is 63.0 Å².